The van der Waals surface area contributed by atoms with Crippen molar-refractivity contribution in [1.29, 1.82) is 0 Å². The van der Waals surface area contributed by atoms with E-state index in [1.165, 1.54) is 4.74 Å². The van der Waals surface area contributed by atoms with Crippen molar-refractivity contribution in [2.75, 3.05) is 0 Å². The van der Waals surface area contributed by atoms with Crippen LogP contribution < -0.4 is 0 Å². The Hall–Kier alpha value is -1.12. The topological polar surface area (TPSA) is 60.4 Å². The molecule has 0 rings (SSSR count). The molecule has 15 heteroatoms. The molecular weight excluding hydrogens is 346 g/mol. The van der Waals surface area contributed by atoms with E-state index in [-0.39, 0.29) is 0 Å². The van der Waals surface area contributed by atoms with Gasteiger partial charge in [0.15, 0.2) is 0 Å². The zero-order valence-electron chi connectivity index (χ0n) is 8.32. The fourth-order valence-corrected chi connectivity index (χ4v) is 0.866. The molecule has 0 spiro atoms. The van der Waals surface area contributed by atoms with Gasteiger partial charge < -0.3 is 0 Å². The first-order valence-corrected chi connectivity index (χ1v) is 5.14. The fraction of sp³-hybridized carbons (Fsp3) is 0.800. The minimum Gasteiger partial charge on any atom is -0.254 e. The Morgan fingerprint density at radius 1 is 0.850 bits per heavy atom. The molecule has 0 saturated carbocycles. The Morgan fingerprint density at radius 3 is 1.45 bits per heavy atom. The summed E-state index contributed by atoms with van der Waals surface area (Å²) in [5, 5.41) is -7.00. The van der Waals surface area contributed by atoms with Gasteiger partial charge in [-0.3, -0.25) is 4.79 Å². The summed E-state index contributed by atoms with van der Waals surface area (Å²) in [5.41, 5.74) is 0. The summed E-state index contributed by atoms with van der Waals surface area (Å²) in [7, 11) is -7.56. The maximum atomic E-state index is 12.3. The van der Waals surface area contributed by atoms with Crippen molar-refractivity contribution >= 4 is 16.3 Å². The van der Waals surface area contributed by atoms with Gasteiger partial charge in [0.1, 0.15) is 0 Å². The van der Waals surface area contributed by atoms with E-state index < -0.39 is 39.7 Å². The number of alkyl halides is 8. The van der Waals surface area contributed by atoms with Crippen LogP contribution >= 0.6 is 0 Å². The minimum absolute atomic E-state index is 1.50. The monoisotopic (exact) mass is 346 g/mol. The molecule has 0 bridgehead atoms. The summed E-state index contributed by atoms with van der Waals surface area (Å²) >= 11 is 0. The normalized spacial score (nSPS) is 15.3. The molecule has 0 aromatic carbocycles. The van der Waals surface area contributed by atoms with E-state index in [2.05, 4.69) is 0 Å². The van der Waals surface area contributed by atoms with E-state index in [4.69, 9.17) is 0 Å². The predicted octanol–water partition coefficient (Wildman–Crippen LogP) is 2.21. The van der Waals surface area contributed by atoms with Crippen molar-refractivity contribution in [1.82, 2.24) is 0 Å². The third kappa shape index (κ3) is 2.97. The standard InChI is InChI=1S/C5F10O4S/c6-1(16)2(7,8)3(9,10)19-4(11,12)5(13,14)20(15,17)18. The van der Waals surface area contributed by atoms with E-state index >= 15 is 0 Å². The molecule has 0 aromatic rings. The Kier molecular flexibility index (Phi) is 4.45. The van der Waals surface area contributed by atoms with Crippen molar-refractivity contribution in [3.63, 3.8) is 0 Å². The molecule has 0 aromatic heterocycles. The lowest BCUT2D eigenvalue weighted by molar-refractivity contribution is -0.448. The molecule has 0 aliphatic heterocycles. The third-order valence-electron chi connectivity index (χ3n) is 1.51. The highest BCUT2D eigenvalue weighted by Crippen LogP contribution is 2.47. The van der Waals surface area contributed by atoms with E-state index in [0.717, 1.165) is 0 Å². The third-order valence-corrected chi connectivity index (χ3v) is 2.36. The Labute approximate surface area is 102 Å². The van der Waals surface area contributed by atoms with Crippen molar-refractivity contribution in [3.8, 4) is 0 Å². The quantitative estimate of drug-likeness (QED) is 0.547. The van der Waals surface area contributed by atoms with Crippen molar-refractivity contribution in [2.24, 2.45) is 0 Å². The second-order valence-electron chi connectivity index (χ2n) is 2.94. The van der Waals surface area contributed by atoms with Crippen LogP contribution in [0.1, 0.15) is 0 Å². The van der Waals surface area contributed by atoms with E-state index in [0.29, 0.717) is 0 Å². The molecule has 4 nitrogen and oxygen atoms in total. The van der Waals surface area contributed by atoms with Gasteiger partial charge in [-0.1, -0.05) is 3.89 Å². The van der Waals surface area contributed by atoms with Crippen LogP contribution in [0.3, 0.4) is 0 Å². The molecule has 0 aliphatic rings. The van der Waals surface area contributed by atoms with Crippen LogP contribution in [0.15, 0.2) is 0 Å². The maximum absolute atomic E-state index is 12.3. The molecule has 0 radical (unpaired) electrons. The zero-order valence-corrected chi connectivity index (χ0v) is 9.14. The lowest BCUT2D eigenvalue weighted by Gasteiger charge is -2.29. The fourth-order valence-electron chi connectivity index (χ4n) is 0.541. The summed E-state index contributed by atoms with van der Waals surface area (Å²) < 4.78 is 142. The molecule has 0 amide bonds. The van der Waals surface area contributed by atoms with Crippen molar-refractivity contribution in [2.45, 2.75) is 23.4 Å². The number of ether oxygens (including phenoxy) is 1. The molecule has 0 heterocycles. The number of hydrogen-bond acceptors (Lipinski definition) is 4. The number of halogens is 10. The highest BCUT2D eigenvalue weighted by atomic mass is 32.3. The molecule has 0 unspecified atom stereocenters. The summed E-state index contributed by atoms with van der Waals surface area (Å²) in [6, 6.07) is -4.25. The molecular formula is C5F10O4S. The molecule has 0 atom stereocenters. The smallest absolute Gasteiger partial charge is 0.254 e. The van der Waals surface area contributed by atoms with Crippen LogP contribution in [-0.2, 0) is 19.8 Å². The Balaban J connectivity index is 5.67. The van der Waals surface area contributed by atoms with Crippen molar-refractivity contribution < 1.29 is 61.3 Å². The highest BCUT2D eigenvalue weighted by Gasteiger charge is 2.76. The lowest BCUT2D eigenvalue weighted by atomic mass is 10.3. The van der Waals surface area contributed by atoms with Gasteiger partial charge in [-0.15, -0.1) is 0 Å². The van der Waals surface area contributed by atoms with E-state index in [1.807, 2.05) is 0 Å². The average molecular weight is 346 g/mol. The molecule has 0 aliphatic carbocycles. The van der Waals surface area contributed by atoms with Gasteiger partial charge >= 0.3 is 39.7 Å². The van der Waals surface area contributed by atoms with Gasteiger partial charge in [0, 0.05) is 0 Å². The summed E-state index contributed by atoms with van der Waals surface area (Å²) in [5.74, 6) is -6.65. The molecule has 120 valence electrons. The van der Waals surface area contributed by atoms with Gasteiger partial charge in [0.25, 0.3) is 0 Å². The molecule has 0 fully saturated rings. The number of carbonyl (C=O) groups excluding carboxylic acids is 1. The number of carbonyl (C=O) groups is 1. The number of rotatable bonds is 6. The number of hydrogen-bond donors (Lipinski definition) is 0. The first-order chi connectivity index (χ1) is 8.40. The largest absolute Gasteiger partial charge is 0.464 e. The van der Waals surface area contributed by atoms with Gasteiger partial charge in [0.2, 0.25) is 0 Å². The first kappa shape index (κ1) is 18.9. The van der Waals surface area contributed by atoms with Gasteiger partial charge in [-0.05, 0) is 0 Å². The summed E-state index contributed by atoms with van der Waals surface area (Å²) in [6.45, 7) is 0. The average Bonchev–Trinajstić information content (AvgIpc) is 2.12. The molecule has 0 saturated heterocycles. The van der Waals surface area contributed by atoms with Crippen LogP contribution in [0.4, 0.5) is 43.4 Å². The SMILES string of the molecule is O=C(F)C(F)(F)C(F)(F)OC(F)(F)C(F)(F)S(=O)(=O)F. The van der Waals surface area contributed by atoms with Crippen LogP contribution in [0.25, 0.3) is 0 Å². The van der Waals surface area contributed by atoms with Gasteiger partial charge in [-0.25, -0.2) is 4.74 Å². The van der Waals surface area contributed by atoms with Crippen molar-refractivity contribution in [3.05, 3.63) is 0 Å². The lowest BCUT2D eigenvalue weighted by Crippen LogP contribution is -2.56. The molecule has 20 heavy (non-hydrogen) atoms. The predicted molar refractivity (Wildman–Crippen MR) is 37.0 cm³/mol. The van der Waals surface area contributed by atoms with Crippen LogP contribution in [0, 0.1) is 0 Å². The van der Waals surface area contributed by atoms with Crippen LogP contribution in [0.5, 0.6) is 0 Å². The van der Waals surface area contributed by atoms with Gasteiger partial charge in [0.05, 0.1) is 0 Å². The Bertz CT molecular complexity index is 496. The minimum atomic E-state index is -7.56. The maximum Gasteiger partial charge on any atom is 0.464 e. The van der Waals surface area contributed by atoms with Crippen LogP contribution in [0.2, 0.25) is 0 Å². The second-order valence-corrected chi connectivity index (χ2v) is 4.33. The molecule has 0 N–H and O–H groups in total. The summed E-state index contributed by atoms with van der Waals surface area (Å²) in [4.78, 5) is 9.44. The second kappa shape index (κ2) is 4.71. The van der Waals surface area contributed by atoms with E-state index in [9.17, 15) is 56.6 Å². The first-order valence-electron chi connectivity index (χ1n) is 3.75. The van der Waals surface area contributed by atoms with Crippen LogP contribution in [-0.4, -0.2) is 37.8 Å². The van der Waals surface area contributed by atoms with Gasteiger partial charge in [-0.2, -0.15) is 47.9 Å². The zero-order chi connectivity index (χ0) is 16.8. The highest BCUT2D eigenvalue weighted by molar-refractivity contribution is 7.87. The summed E-state index contributed by atoms with van der Waals surface area (Å²) in [6.07, 6.45) is -13.9. The Morgan fingerprint density at radius 2 is 1.20 bits per heavy atom. The van der Waals surface area contributed by atoms with E-state index in [1.54, 1.807) is 0 Å².